The number of halogens is 1. The van der Waals surface area contributed by atoms with E-state index >= 15 is 0 Å². The molecule has 1 atom stereocenters. The van der Waals surface area contributed by atoms with Gasteiger partial charge in [-0.15, -0.1) is 0 Å². The third kappa shape index (κ3) is 11.0. The lowest BCUT2D eigenvalue weighted by Crippen LogP contribution is -2.68. The number of aromatic amines is 1. The van der Waals surface area contributed by atoms with Gasteiger partial charge in [-0.25, -0.2) is 22.5 Å². The highest BCUT2D eigenvalue weighted by atomic mass is 32.2. The Kier molecular flexibility index (Phi) is 14.6. The normalized spacial score (nSPS) is 21.8. The van der Waals surface area contributed by atoms with Crippen LogP contribution < -0.4 is 29.1 Å². The Bertz CT molecular complexity index is 3340. The van der Waals surface area contributed by atoms with Crippen molar-refractivity contribution in [3.05, 3.63) is 135 Å². The fraction of sp³-hybridized carbons (Fsp3) is 0.458. The van der Waals surface area contributed by atoms with Crippen LogP contribution >= 0.6 is 0 Å². The van der Waals surface area contributed by atoms with Gasteiger partial charge in [0.1, 0.15) is 28.7 Å². The number of benzene rings is 4. The molecule has 5 heterocycles. The van der Waals surface area contributed by atoms with Gasteiger partial charge in [0, 0.05) is 87.3 Å². The largest absolute Gasteiger partial charge is 0.493 e. The number of carbonyl (C=O) groups excluding carboxylic acids is 1. The van der Waals surface area contributed by atoms with Crippen molar-refractivity contribution in [2.24, 2.45) is 11.3 Å². The predicted octanol–water partition coefficient (Wildman–Crippen LogP) is 10.2. The summed E-state index contributed by atoms with van der Waals surface area (Å²) in [6.07, 6.45) is 10.5. The fourth-order valence-electron chi connectivity index (χ4n) is 12.7. The Balaban J connectivity index is 0.795. The van der Waals surface area contributed by atoms with Crippen LogP contribution in [0.2, 0.25) is 0 Å². The van der Waals surface area contributed by atoms with Crippen molar-refractivity contribution in [3.63, 3.8) is 0 Å². The van der Waals surface area contributed by atoms with Crippen LogP contribution in [0.25, 0.3) is 11.0 Å². The van der Waals surface area contributed by atoms with Crippen molar-refractivity contribution in [1.29, 1.82) is 0 Å². The molecule has 6 aromatic rings. The number of aromatic nitrogens is 2. The standard InChI is InChI=1S/C59H69FN8O9S/c1-37(2)45-10-5-6-11-46(45)52-34-65(33-39-23-40-9-7-8-22-76-55(40)54(24-39)75-4)20-21-67(52)42-28-59(29-42)35-66(36-59)41-12-14-47(53(25-41)77-43-26-48-49(60)32-63-56(48)62-31-43)57(69)64-78(73,74)44-13-15-50(51(27-44)68(71)72)61-30-38-16-18-58(3,70)19-17-38/h5-6,10-15,23-27,31-32,37-38,42,52,61,70H,7-9,16-22,28-30,33-36H2,1-4H3,(H,62,63)(H,64,69)/t38?,52-,58?/m0/s1. The molecule has 4 fully saturated rings. The number of nitro groups is 1. The molecule has 0 radical (unpaired) electrons. The van der Waals surface area contributed by atoms with Gasteiger partial charge in [-0.05, 0) is 135 Å². The van der Waals surface area contributed by atoms with Crippen molar-refractivity contribution in [1.82, 2.24) is 24.5 Å². The number of fused-ring (bicyclic) bond motifs is 2. The topological polar surface area (TPSA) is 205 Å². The molecule has 4 aromatic carbocycles. The number of pyridine rings is 1. The van der Waals surface area contributed by atoms with Gasteiger partial charge in [-0.3, -0.25) is 24.7 Å². The van der Waals surface area contributed by atoms with Gasteiger partial charge in [0.15, 0.2) is 11.5 Å². The van der Waals surface area contributed by atoms with E-state index in [-0.39, 0.29) is 45.5 Å². The second-order valence-corrected chi connectivity index (χ2v) is 24.6. The highest BCUT2D eigenvalue weighted by molar-refractivity contribution is 7.90. The van der Waals surface area contributed by atoms with Crippen molar-refractivity contribution in [3.8, 4) is 23.0 Å². The summed E-state index contributed by atoms with van der Waals surface area (Å²) in [6.45, 7) is 12.6. The Labute approximate surface area is 454 Å². The van der Waals surface area contributed by atoms with Gasteiger partial charge < -0.3 is 34.5 Å². The minimum absolute atomic E-state index is 0.0154. The number of sulfonamides is 1. The van der Waals surface area contributed by atoms with Crippen molar-refractivity contribution < 1.29 is 41.8 Å². The zero-order valence-corrected chi connectivity index (χ0v) is 45.5. The monoisotopic (exact) mass is 1080 g/mol. The molecule has 17 nitrogen and oxygen atoms in total. The van der Waals surface area contributed by atoms with E-state index in [1.54, 1.807) is 26.2 Å². The van der Waals surface area contributed by atoms with E-state index in [4.69, 9.17) is 14.2 Å². The van der Waals surface area contributed by atoms with Crippen molar-refractivity contribution >= 4 is 44.0 Å². The number of nitro benzene ring substituents is 1. The van der Waals surface area contributed by atoms with Gasteiger partial charge in [0.05, 0.1) is 46.3 Å². The second-order valence-electron chi connectivity index (χ2n) is 23.0. The molecule has 2 saturated carbocycles. The van der Waals surface area contributed by atoms with Crippen molar-refractivity contribution in [2.45, 2.75) is 114 Å². The van der Waals surface area contributed by atoms with Crippen LogP contribution in [-0.4, -0.2) is 109 Å². The van der Waals surface area contributed by atoms with Crippen LogP contribution in [0.5, 0.6) is 23.0 Å². The van der Waals surface area contributed by atoms with E-state index in [0.717, 1.165) is 107 Å². The summed E-state index contributed by atoms with van der Waals surface area (Å²) in [5.74, 6) is 0.805. The highest BCUT2D eigenvalue weighted by Crippen LogP contribution is 2.54. The van der Waals surface area contributed by atoms with E-state index in [0.29, 0.717) is 43.6 Å². The molecule has 11 rings (SSSR count). The summed E-state index contributed by atoms with van der Waals surface area (Å²) in [5, 5.41) is 25.9. The van der Waals surface area contributed by atoms with Crippen LogP contribution in [0.1, 0.15) is 117 Å². The van der Waals surface area contributed by atoms with Crippen LogP contribution in [-0.2, 0) is 23.0 Å². The number of amides is 1. The first kappa shape index (κ1) is 53.2. The zero-order valence-electron chi connectivity index (χ0n) is 44.7. The number of carbonyl (C=O) groups is 1. The Morgan fingerprint density at radius 2 is 1.82 bits per heavy atom. The van der Waals surface area contributed by atoms with Gasteiger partial charge in [0.2, 0.25) is 0 Å². The molecule has 4 N–H and O–H groups in total. The molecule has 0 bridgehead atoms. The molecule has 1 spiro atoms. The molecule has 2 saturated heterocycles. The van der Waals surface area contributed by atoms with E-state index < -0.39 is 42.9 Å². The van der Waals surface area contributed by atoms with Gasteiger partial charge in [-0.2, -0.15) is 0 Å². The minimum atomic E-state index is -4.65. The van der Waals surface area contributed by atoms with E-state index in [1.807, 2.05) is 0 Å². The number of piperazine rings is 1. The van der Waals surface area contributed by atoms with Gasteiger partial charge in [0.25, 0.3) is 21.6 Å². The van der Waals surface area contributed by atoms with Gasteiger partial charge >= 0.3 is 0 Å². The summed E-state index contributed by atoms with van der Waals surface area (Å²) in [7, 11) is -2.93. The van der Waals surface area contributed by atoms with Crippen molar-refractivity contribution in [2.75, 3.05) is 63.2 Å². The summed E-state index contributed by atoms with van der Waals surface area (Å²) in [6, 6.07) is 23.8. The Hall–Kier alpha value is -6.80. The van der Waals surface area contributed by atoms with E-state index in [1.165, 1.54) is 58.9 Å². The average Bonchev–Trinajstić information content (AvgIpc) is 3.71. The lowest BCUT2D eigenvalue weighted by atomic mass is 9.59. The summed E-state index contributed by atoms with van der Waals surface area (Å²) >= 11 is 0. The summed E-state index contributed by atoms with van der Waals surface area (Å²) in [5.41, 5.74) is 5.19. The molecule has 5 aliphatic rings. The number of aliphatic hydroxyl groups is 1. The lowest BCUT2D eigenvalue weighted by molar-refractivity contribution is -0.384. The zero-order chi connectivity index (χ0) is 54.5. The minimum Gasteiger partial charge on any atom is -0.493 e. The maximum absolute atomic E-state index is 14.8. The molecule has 3 aliphatic heterocycles. The number of nitrogens with one attached hydrogen (secondary N) is 3. The summed E-state index contributed by atoms with van der Waals surface area (Å²) < 4.78 is 62.9. The lowest BCUT2D eigenvalue weighted by Gasteiger charge is -2.63. The van der Waals surface area contributed by atoms with E-state index in [9.17, 15) is 32.8 Å². The molecule has 2 aliphatic carbocycles. The number of rotatable bonds is 16. The SMILES string of the molecule is COc1cc(CN2CCN(C3CC4(C3)CN(c3ccc(C(=O)NS(=O)(=O)c5ccc(NCC6CCC(C)(O)CC6)c([N+](=O)[O-])c5)c(Oc5cnc6[nH]cc(F)c6c5)c3)C4)[C@H](c3ccccc3C(C)C)C2)cc2c1OCCCC2. The molecule has 0 unspecified atom stereocenters. The van der Waals surface area contributed by atoms with Crippen LogP contribution in [0, 0.1) is 27.3 Å². The highest BCUT2D eigenvalue weighted by Gasteiger charge is 2.55. The number of hydrogen-bond donors (Lipinski definition) is 4. The first-order chi connectivity index (χ1) is 37.4. The molecular formula is C59H69FN8O9S. The first-order valence-electron chi connectivity index (χ1n) is 27.3. The van der Waals surface area contributed by atoms with Crippen LogP contribution in [0.3, 0.4) is 0 Å². The number of anilines is 2. The molecule has 412 valence electrons. The first-order valence-corrected chi connectivity index (χ1v) is 28.8. The number of nitrogens with zero attached hydrogens (tertiary/aromatic N) is 5. The third-order valence-electron chi connectivity index (χ3n) is 17.0. The number of ether oxygens (including phenoxy) is 3. The van der Waals surface area contributed by atoms with Crippen LogP contribution in [0.15, 0.2) is 96.2 Å². The Morgan fingerprint density at radius 1 is 1.03 bits per heavy atom. The molecule has 78 heavy (non-hydrogen) atoms. The number of H-pyrrole nitrogens is 1. The molecular weight excluding hydrogens is 1020 g/mol. The average molecular weight is 1090 g/mol. The van der Waals surface area contributed by atoms with Gasteiger partial charge in [-0.1, -0.05) is 44.2 Å². The molecule has 1 amide bonds. The quantitative estimate of drug-likeness (QED) is 0.0526. The number of hydrogen-bond acceptors (Lipinski definition) is 14. The molecule has 2 aromatic heterocycles. The maximum Gasteiger partial charge on any atom is 0.293 e. The predicted molar refractivity (Wildman–Crippen MR) is 296 cm³/mol. The van der Waals surface area contributed by atoms with Crippen LogP contribution in [0.4, 0.5) is 21.5 Å². The number of aryl methyl sites for hydroxylation is 1. The third-order valence-corrected chi connectivity index (χ3v) is 18.3. The second kappa shape index (κ2) is 21.4. The fourth-order valence-corrected chi connectivity index (χ4v) is 13.7. The smallest absolute Gasteiger partial charge is 0.293 e. The molecule has 19 heteroatoms. The maximum atomic E-state index is 14.8. The number of methoxy groups -OCH3 is 1. The Morgan fingerprint density at radius 3 is 2.59 bits per heavy atom. The summed E-state index contributed by atoms with van der Waals surface area (Å²) in [4.78, 5) is 39.9. The van der Waals surface area contributed by atoms with E-state index in [2.05, 4.69) is 85.0 Å².